The van der Waals surface area contributed by atoms with Gasteiger partial charge < -0.3 is 10.7 Å². The summed E-state index contributed by atoms with van der Waals surface area (Å²) in [6.07, 6.45) is 3.77. The van der Waals surface area contributed by atoms with Crippen LogP contribution in [0.2, 0.25) is 0 Å². The maximum absolute atomic E-state index is 12.4. The number of pyridine rings is 1. The first-order chi connectivity index (χ1) is 9.41. The zero-order chi connectivity index (χ0) is 15.2. The standard InChI is InChI=1S/C15H26N4O/c1-5-7-12-9-11(10-13(17-12)19-16)14(20)18-15(3,4)8-6-2/h9-10H,5-8,16H2,1-4H3,(H,17,19)(H,18,20). The van der Waals surface area contributed by atoms with E-state index in [1.165, 1.54) is 0 Å². The van der Waals surface area contributed by atoms with Crippen LogP contribution in [-0.2, 0) is 6.42 Å². The molecular formula is C15H26N4O. The number of nitrogens with zero attached hydrogens (tertiary/aromatic N) is 1. The van der Waals surface area contributed by atoms with Gasteiger partial charge in [-0.15, -0.1) is 0 Å². The zero-order valence-electron chi connectivity index (χ0n) is 12.9. The molecular weight excluding hydrogens is 252 g/mol. The summed E-state index contributed by atoms with van der Waals surface area (Å²) in [4.78, 5) is 16.7. The Balaban J connectivity index is 2.94. The molecule has 1 aromatic heterocycles. The minimum absolute atomic E-state index is 0.0836. The van der Waals surface area contributed by atoms with Gasteiger partial charge >= 0.3 is 0 Å². The Hall–Kier alpha value is -1.62. The van der Waals surface area contributed by atoms with Crippen LogP contribution in [-0.4, -0.2) is 16.4 Å². The number of nitrogens with one attached hydrogen (secondary N) is 2. The summed E-state index contributed by atoms with van der Waals surface area (Å²) in [7, 11) is 0. The third kappa shape index (κ3) is 4.81. The highest BCUT2D eigenvalue weighted by Crippen LogP contribution is 2.15. The fourth-order valence-electron chi connectivity index (χ4n) is 2.24. The van der Waals surface area contributed by atoms with Crippen molar-refractivity contribution in [2.24, 2.45) is 5.84 Å². The molecule has 0 saturated carbocycles. The van der Waals surface area contributed by atoms with Crippen LogP contribution < -0.4 is 16.6 Å². The van der Waals surface area contributed by atoms with Gasteiger partial charge in [-0.25, -0.2) is 10.8 Å². The SMILES string of the molecule is CCCc1cc(C(=O)NC(C)(C)CCC)cc(NN)n1. The molecule has 1 amide bonds. The number of hydrogen-bond acceptors (Lipinski definition) is 4. The molecule has 0 radical (unpaired) electrons. The number of hydrogen-bond donors (Lipinski definition) is 3. The highest BCUT2D eigenvalue weighted by atomic mass is 16.1. The second kappa shape index (κ2) is 7.24. The Morgan fingerprint density at radius 1 is 1.30 bits per heavy atom. The van der Waals surface area contributed by atoms with Crippen molar-refractivity contribution in [1.82, 2.24) is 10.3 Å². The number of nitrogens with two attached hydrogens (primary N) is 1. The van der Waals surface area contributed by atoms with Gasteiger partial charge in [0.15, 0.2) is 0 Å². The molecule has 0 atom stereocenters. The normalized spacial score (nSPS) is 11.2. The average Bonchev–Trinajstić information content (AvgIpc) is 2.38. The fourth-order valence-corrected chi connectivity index (χ4v) is 2.24. The minimum atomic E-state index is -0.212. The van der Waals surface area contributed by atoms with E-state index in [1.807, 2.05) is 19.9 Å². The molecule has 0 saturated heterocycles. The van der Waals surface area contributed by atoms with E-state index >= 15 is 0 Å². The average molecular weight is 278 g/mol. The fraction of sp³-hybridized carbons (Fsp3) is 0.600. The van der Waals surface area contributed by atoms with Crippen LogP contribution in [0, 0.1) is 0 Å². The van der Waals surface area contributed by atoms with Gasteiger partial charge in [0, 0.05) is 16.8 Å². The van der Waals surface area contributed by atoms with E-state index in [4.69, 9.17) is 5.84 Å². The van der Waals surface area contributed by atoms with Gasteiger partial charge in [-0.3, -0.25) is 4.79 Å². The van der Waals surface area contributed by atoms with Crippen LogP contribution in [0.4, 0.5) is 5.82 Å². The number of aromatic nitrogens is 1. The zero-order valence-corrected chi connectivity index (χ0v) is 12.9. The molecule has 112 valence electrons. The van der Waals surface area contributed by atoms with E-state index in [9.17, 15) is 4.79 Å². The molecule has 20 heavy (non-hydrogen) atoms. The minimum Gasteiger partial charge on any atom is -0.347 e. The topological polar surface area (TPSA) is 80.0 Å². The van der Waals surface area contributed by atoms with Crippen LogP contribution >= 0.6 is 0 Å². The summed E-state index contributed by atoms with van der Waals surface area (Å²) >= 11 is 0. The monoisotopic (exact) mass is 278 g/mol. The smallest absolute Gasteiger partial charge is 0.251 e. The molecule has 4 N–H and O–H groups in total. The largest absolute Gasteiger partial charge is 0.347 e. The molecule has 0 aliphatic rings. The number of rotatable bonds is 7. The lowest BCUT2D eigenvalue weighted by Crippen LogP contribution is -2.43. The number of carbonyl (C=O) groups is 1. The van der Waals surface area contributed by atoms with E-state index in [2.05, 4.69) is 29.6 Å². The van der Waals surface area contributed by atoms with E-state index in [-0.39, 0.29) is 11.4 Å². The number of carbonyl (C=O) groups excluding carboxylic acids is 1. The highest BCUT2D eigenvalue weighted by molar-refractivity contribution is 5.95. The summed E-state index contributed by atoms with van der Waals surface area (Å²) in [6.45, 7) is 8.25. The lowest BCUT2D eigenvalue weighted by molar-refractivity contribution is 0.0909. The second-order valence-electron chi connectivity index (χ2n) is 5.71. The number of aryl methyl sites for hydroxylation is 1. The Labute approximate surface area is 121 Å². The predicted octanol–water partition coefficient (Wildman–Crippen LogP) is 2.63. The summed E-state index contributed by atoms with van der Waals surface area (Å²) in [5, 5.41) is 3.06. The molecule has 0 spiro atoms. The van der Waals surface area contributed by atoms with E-state index < -0.39 is 0 Å². The number of amides is 1. The molecule has 0 fully saturated rings. The van der Waals surface area contributed by atoms with Gasteiger partial charge in [0.1, 0.15) is 5.82 Å². The molecule has 1 aromatic rings. The Morgan fingerprint density at radius 2 is 2.00 bits per heavy atom. The Kier molecular flexibility index (Phi) is 5.95. The summed E-state index contributed by atoms with van der Waals surface area (Å²) in [6, 6.07) is 3.51. The third-order valence-electron chi connectivity index (χ3n) is 3.12. The van der Waals surface area contributed by atoms with Crippen LogP contribution in [0.15, 0.2) is 12.1 Å². The molecule has 0 bridgehead atoms. The van der Waals surface area contributed by atoms with E-state index in [0.717, 1.165) is 31.4 Å². The number of nitrogen functional groups attached to an aromatic ring is 1. The van der Waals surface area contributed by atoms with Crippen molar-refractivity contribution >= 4 is 11.7 Å². The number of anilines is 1. The second-order valence-corrected chi connectivity index (χ2v) is 5.71. The summed E-state index contributed by atoms with van der Waals surface area (Å²) < 4.78 is 0. The lowest BCUT2D eigenvalue weighted by atomic mass is 9.98. The van der Waals surface area contributed by atoms with Crippen LogP contribution in [0.3, 0.4) is 0 Å². The summed E-state index contributed by atoms with van der Waals surface area (Å²) in [5.74, 6) is 5.85. The maximum atomic E-state index is 12.4. The molecule has 0 aliphatic carbocycles. The number of hydrazine groups is 1. The van der Waals surface area contributed by atoms with E-state index in [0.29, 0.717) is 11.4 Å². The van der Waals surface area contributed by atoms with Gasteiger partial charge in [0.2, 0.25) is 0 Å². The molecule has 5 heteroatoms. The van der Waals surface area contributed by atoms with Crippen LogP contribution in [0.1, 0.15) is 63.0 Å². The maximum Gasteiger partial charge on any atom is 0.251 e. The van der Waals surface area contributed by atoms with Crippen molar-refractivity contribution in [3.63, 3.8) is 0 Å². The van der Waals surface area contributed by atoms with Crippen molar-refractivity contribution < 1.29 is 4.79 Å². The first-order valence-corrected chi connectivity index (χ1v) is 7.22. The van der Waals surface area contributed by atoms with Gasteiger partial charge in [0.05, 0.1) is 0 Å². The van der Waals surface area contributed by atoms with E-state index in [1.54, 1.807) is 6.07 Å². The third-order valence-corrected chi connectivity index (χ3v) is 3.12. The molecule has 0 aromatic carbocycles. The van der Waals surface area contributed by atoms with Crippen LogP contribution in [0.5, 0.6) is 0 Å². The molecule has 0 aliphatic heterocycles. The van der Waals surface area contributed by atoms with Crippen molar-refractivity contribution in [2.45, 2.75) is 58.9 Å². The quantitative estimate of drug-likeness (QED) is 0.529. The highest BCUT2D eigenvalue weighted by Gasteiger charge is 2.20. The van der Waals surface area contributed by atoms with Crippen molar-refractivity contribution in [3.8, 4) is 0 Å². The summed E-state index contributed by atoms with van der Waals surface area (Å²) in [5.41, 5.74) is 3.78. The Morgan fingerprint density at radius 3 is 2.55 bits per heavy atom. The van der Waals surface area contributed by atoms with Gasteiger partial charge in [-0.1, -0.05) is 26.7 Å². The predicted molar refractivity (Wildman–Crippen MR) is 82.5 cm³/mol. The first-order valence-electron chi connectivity index (χ1n) is 7.22. The molecule has 0 unspecified atom stereocenters. The molecule has 5 nitrogen and oxygen atoms in total. The van der Waals surface area contributed by atoms with Crippen molar-refractivity contribution in [2.75, 3.05) is 5.43 Å². The Bertz CT molecular complexity index is 457. The van der Waals surface area contributed by atoms with Gasteiger partial charge in [0.25, 0.3) is 5.91 Å². The van der Waals surface area contributed by atoms with Gasteiger partial charge in [-0.05, 0) is 38.8 Å². The molecule has 1 heterocycles. The van der Waals surface area contributed by atoms with Crippen molar-refractivity contribution in [1.29, 1.82) is 0 Å². The molecule has 1 rings (SSSR count). The lowest BCUT2D eigenvalue weighted by Gasteiger charge is -2.26. The first kappa shape index (κ1) is 16.4. The van der Waals surface area contributed by atoms with Crippen LogP contribution in [0.25, 0.3) is 0 Å². The van der Waals surface area contributed by atoms with Crippen molar-refractivity contribution in [3.05, 3.63) is 23.4 Å². The van der Waals surface area contributed by atoms with Gasteiger partial charge in [-0.2, -0.15) is 0 Å².